The van der Waals surface area contributed by atoms with E-state index in [1.54, 1.807) is 0 Å². The third-order valence-corrected chi connectivity index (χ3v) is 3.06. The van der Waals surface area contributed by atoms with Crippen LogP contribution < -0.4 is 5.32 Å². The van der Waals surface area contributed by atoms with Gasteiger partial charge in [0.25, 0.3) is 0 Å². The van der Waals surface area contributed by atoms with Crippen molar-refractivity contribution >= 4 is 5.69 Å². The second kappa shape index (κ2) is 4.66. The van der Waals surface area contributed by atoms with Crippen molar-refractivity contribution in [2.75, 3.05) is 5.32 Å². The molecule has 0 spiro atoms. The number of aliphatic hydroxyl groups excluding tert-OH is 1. The molecule has 0 aliphatic heterocycles. The van der Waals surface area contributed by atoms with E-state index >= 15 is 0 Å². The number of allylic oxidation sites excluding steroid dienone is 2. The van der Waals surface area contributed by atoms with E-state index in [9.17, 15) is 5.11 Å². The SMILES string of the molecule is Cc1ccc(NC2=CC(C)CC=C2O)c(C)c1. The van der Waals surface area contributed by atoms with E-state index in [1.165, 1.54) is 11.1 Å². The summed E-state index contributed by atoms with van der Waals surface area (Å²) in [5.74, 6) is 0.822. The Morgan fingerprint density at radius 2 is 2.06 bits per heavy atom. The fourth-order valence-electron chi connectivity index (χ4n) is 2.05. The first-order chi connectivity index (χ1) is 8.06. The van der Waals surface area contributed by atoms with Crippen molar-refractivity contribution < 1.29 is 5.11 Å². The Balaban J connectivity index is 2.23. The Labute approximate surface area is 103 Å². The minimum Gasteiger partial charge on any atom is -0.506 e. The number of hydrogen-bond acceptors (Lipinski definition) is 2. The van der Waals surface area contributed by atoms with Gasteiger partial charge in [-0.2, -0.15) is 0 Å². The van der Waals surface area contributed by atoms with Crippen molar-refractivity contribution in [2.24, 2.45) is 5.92 Å². The highest BCUT2D eigenvalue weighted by Crippen LogP contribution is 2.25. The van der Waals surface area contributed by atoms with Gasteiger partial charge < -0.3 is 10.4 Å². The van der Waals surface area contributed by atoms with Crippen molar-refractivity contribution in [3.63, 3.8) is 0 Å². The summed E-state index contributed by atoms with van der Waals surface area (Å²) in [5, 5.41) is 13.1. The number of nitrogens with one attached hydrogen (secondary N) is 1. The van der Waals surface area contributed by atoms with Gasteiger partial charge in [-0.25, -0.2) is 0 Å². The molecule has 2 rings (SSSR count). The second-order valence-corrected chi connectivity index (χ2v) is 4.83. The highest BCUT2D eigenvalue weighted by atomic mass is 16.3. The lowest BCUT2D eigenvalue weighted by Crippen LogP contribution is -2.09. The molecule has 1 unspecified atom stereocenters. The molecule has 1 aliphatic carbocycles. The first-order valence-electron chi connectivity index (χ1n) is 6.02. The Morgan fingerprint density at radius 1 is 1.29 bits per heavy atom. The molecule has 2 N–H and O–H groups in total. The van der Waals surface area contributed by atoms with Crippen LogP contribution in [0.15, 0.2) is 41.8 Å². The van der Waals surface area contributed by atoms with Gasteiger partial charge in [0.05, 0.1) is 5.70 Å². The molecule has 2 heteroatoms. The molecule has 1 aromatic rings. The lowest BCUT2D eigenvalue weighted by molar-refractivity contribution is 0.413. The molecule has 0 saturated carbocycles. The predicted molar refractivity (Wildman–Crippen MR) is 72.1 cm³/mol. The normalized spacial score (nSPS) is 19.6. The molecule has 2 nitrogen and oxygen atoms in total. The summed E-state index contributed by atoms with van der Waals surface area (Å²) in [5.41, 5.74) is 4.31. The molecular weight excluding hydrogens is 210 g/mol. The molecular formula is C15H19NO. The molecule has 0 heterocycles. The first-order valence-corrected chi connectivity index (χ1v) is 6.02. The van der Waals surface area contributed by atoms with E-state index < -0.39 is 0 Å². The summed E-state index contributed by atoms with van der Waals surface area (Å²) in [7, 11) is 0. The number of anilines is 1. The van der Waals surface area contributed by atoms with E-state index in [2.05, 4.69) is 50.4 Å². The van der Waals surface area contributed by atoms with Crippen LogP contribution in [-0.4, -0.2) is 5.11 Å². The Morgan fingerprint density at radius 3 is 2.76 bits per heavy atom. The van der Waals surface area contributed by atoms with Crippen molar-refractivity contribution in [1.82, 2.24) is 0 Å². The maximum atomic E-state index is 9.82. The van der Waals surface area contributed by atoms with Gasteiger partial charge in [0.1, 0.15) is 5.76 Å². The molecule has 1 aromatic carbocycles. The van der Waals surface area contributed by atoms with Gasteiger partial charge in [-0.05, 0) is 43.9 Å². The third-order valence-electron chi connectivity index (χ3n) is 3.06. The molecule has 0 saturated heterocycles. The Hall–Kier alpha value is -1.70. The molecule has 90 valence electrons. The van der Waals surface area contributed by atoms with Crippen LogP contribution >= 0.6 is 0 Å². The van der Waals surface area contributed by atoms with Crippen molar-refractivity contribution in [1.29, 1.82) is 0 Å². The standard InChI is InChI=1S/C15H19NO/c1-10-4-6-13(12(3)8-10)16-14-9-11(2)5-7-15(14)17/h4,6-9,11,16-17H,5H2,1-3H3. The quantitative estimate of drug-likeness (QED) is 0.800. The second-order valence-electron chi connectivity index (χ2n) is 4.83. The molecule has 17 heavy (non-hydrogen) atoms. The minimum atomic E-state index is 0.350. The number of benzene rings is 1. The molecule has 1 atom stereocenters. The van der Waals surface area contributed by atoms with Crippen LogP contribution in [0.25, 0.3) is 0 Å². The van der Waals surface area contributed by atoms with Gasteiger partial charge in [0.2, 0.25) is 0 Å². The Kier molecular flexibility index (Phi) is 3.23. The summed E-state index contributed by atoms with van der Waals surface area (Å²) >= 11 is 0. The summed E-state index contributed by atoms with van der Waals surface area (Å²) < 4.78 is 0. The predicted octanol–water partition coefficient (Wildman–Crippen LogP) is 4.08. The van der Waals surface area contributed by atoms with Gasteiger partial charge in [-0.3, -0.25) is 0 Å². The highest BCUT2D eigenvalue weighted by Gasteiger charge is 2.12. The largest absolute Gasteiger partial charge is 0.506 e. The molecule has 0 fully saturated rings. The topological polar surface area (TPSA) is 32.3 Å². The summed E-state index contributed by atoms with van der Waals surface area (Å²) in [6, 6.07) is 6.26. The average Bonchev–Trinajstić information content (AvgIpc) is 2.27. The summed E-state index contributed by atoms with van der Waals surface area (Å²) in [6.45, 7) is 6.30. The van der Waals surface area contributed by atoms with Crippen LogP contribution in [0.3, 0.4) is 0 Å². The van der Waals surface area contributed by atoms with Crippen molar-refractivity contribution in [3.05, 3.63) is 52.9 Å². The lowest BCUT2D eigenvalue weighted by atomic mass is 10.00. The number of rotatable bonds is 2. The van der Waals surface area contributed by atoms with Gasteiger partial charge >= 0.3 is 0 Å². The molecule has 0 bridgehead atoms. The first kappa shape index (κ1) is 11.8. The molecule has 0 radical (unpaired) electrons. The highest BCUT2D eigenvalue weighted by molar-refractivity contribution is 5.58. The van der Waals surface area contributed by atoms with Gasteiger partial charge in [-0.1, -0.05) is 30.7 Å². The fourth-order valence-corrected chi connectivity index (χ4v) is 2.05. The van der Waals surface area contributed by atoms with Crippen LogP contribution in [0.4, 0.5) is 5.69 Å². The van der Waals surface area contributed by atoms with Crippen molar-refractivity contribution in [3.8, 4) is 0 Å². The number of hydrogen-bond donors (Lipinski definition) is 2. The Bertz CT molecular complexity index is 486. The number of aryl methyl sites for hydroxylation is 2. The van der Waals surface area contributed by atoms with E-state index in [0.29, 0.717) is 11.7 Å². The van der Waals surface area contributed by atoms with Crippen LogP contribution in [0.5, 0.6) is 0 Å². The van der Waals surface area contributed by atoms with Crippen LogP contribution in [-0.2, 0) is 0 Å². The molecule has 0 aromatic heterocycles. The van der Waals surface area contributed by atoms with E-state index in [4.69, 9.17) is 0 Å². The van der Waals surface area contributed by atoms with Crippen LogP contribution in [0.2, 0.25) is 0 Å². The maximum Gasteiger partial charge on any atom is 0.134 e. The number of aliphatic hydroxyl groups is 1. The van der Waals surface area contributed by atoms with Gasteiger partial charge in [0.15, 0.2) is 0 Å². The van der Waals surface area contributed by atoms with E-state index in [0.717, 1.165) is 17.8 Å². The van der Waals surface area contributed by atoms with E-state index in [-0.39, 0.29) is 0 Å². The summed E-state index contributed by atoms with van der Waals surface area (Å²) in [6.07, 6.45) is 4.86. The lowest BCUT2D eigenvalue weighted by Gasteiger charge is -2.18. The minimum absolute atomic E-state index is 0.350. The monoisotopic (exact) mass is 229 g/mol. The average molecular weight is 229 g/mol. The third kappa shape index (κ3) is 2.70. The fraction of sp³-hybridized carbons (Fsp3) is 0.333. The zero-order valence-corrected chi connectivity index (χ0v) is 10.6. The summed E-state index contributed by atoms with van der Waals surface area (Å²) in [4.78, 5) is 0. The van der Waals surface area contributed by atoms with Crippen LogP contribution in [0.1, 0.15) is 24.5 Å². The van der Waals surface area contributed by atoms with Crippen molar-refractivity contribution in [2.45, 2.75) is 27.2 Å². The van der Waals surface area contributed by atoms with Crippen LogP contribution in [0, 0.1) is 19.8 Å². The van der Waals surface area contributed by atoms with E-state index in [1.807, 2.05) is 6.08 Å². The van der Waals surface area contributed by atoms with Gasteiger partial charge in [-0.15, -0.1) is 0 Å². The van der Waals surface area contributed by atoms with Gasteiger partial charge in [0, 0.05) is 5.69 Å². The zero-order valence-electron chi connectivity index (χ0n) is 10.6. The smallest absolute Gasteiger partial charge is 0.134 e. The molecule has 1 aliphatic rings. The maximum absolute atomic E-state index is 9.82. The zero-order chi connectivity index (χ0) is 12.4. The molecule has 0 amide bonds.